The third-order valence-electron chi connectivity index (χ3n) is 2.86. The molecule has 72 valence electrons. The van der Waals surface area contributed by atoms with Crippen LogP contribution in [0.2, 0.25) is 0 Å². The van der Waals surface area contributed by atoms with E-state index in [2.05, 4.69) is 25.7 Å². The molecule has 0 spiro atoms. The third-order valence-corrected chi connectivity index (χ3v) is 2.86. The highest BCUT2D eigenvalue weighted by Gasteiger charge is 2.26. The summed E-state index contributed by atoms with van der Waals surface area (Å²) in [6.07, 6.45) is 2.43. The van der Waals surface area contributed by atoms with Crippen molar-refractivity contribution in [3.05, 3.63) is 0 Å². The summed E-state index contributed by atoms with van der Waals surface area (Å²) in [5.74, 6) is 0.801. The number of likely N-dealkylation sites (tertiary alicyclic amines) is 1. The Labute approximate surface area is 75.6 Å². The fourth-order valence-electron chi connectivity index (χ4n) is 2.07. The van der Waals surface area contributed by atoms with E-state index < -0.39 is 0 Å². The first-order valence-corrected chi connectivity index (χ1v) is 5.01. The molecule has 2 heteroatoms. The van der Waals surface area contributed by atoms with Crippen LogP contribution in [0.25, 0.3) is 0 Å². The van der Waals surface area contributed by atoms with Gasteiger partial charge < -0.3 is 5.11 Å². The molecule has 1 aliphatic rings. The normalized spacial score (nSPS) is 32.8. The van der Waals surface area contributed by atoms with E-state index in [0.29, 0.717) is 18.7 Å². The van der Waals surface area contributed by atoms with Crippen molar-refractivity contribution in [2.24, 2.45) is 5.92 Å². The molecular weight excluding hydrogens is 150 g/mol. The number of hydrogen-bond acceptors (Lipinski definition) is 2. The van der Waals surface area contributed by atoms with Crippen LogP contribution in [0, 0.1) is 5.92 Å². The largest absolute Gasteiger partial charge is 0.395 e. The Kier molecular flexibility index (Phi) is 3.53. The quantitative estimate of drug-likeness (QED) is 0.680. The van der Waals surface area contributed by atoms with Crippen LogP contribution < -0.4 is 0 Å². The number of nitrogens with zero attached hydrogens (tertiary/aromatic N) is 1. The van der Waals surface area contributed by atoms with Crippen molar-refractivity contribution >= 4 is 0 Å². The molecule has 0 bridgehead atoms. The fourth-order valence-corrected chi connectivity index (χ4v) is 2.07. The van der Waals surface area contributed by atoms with Crippen LogP contribution in [-0.4, -0.2) is 35.2 Å². The first kappa shape index (κ1) is 10.0. The molecule has 1 fully saturated rings. The van der Waals surface area contributed by atoms with E-state index in [0.717, 1.165) is 18.9 Å². The topological polar surface area (TPSA) is 23.5 Å². The summed E-state index contributed by atoms with van der Waals surface area (Å²) in [6.45, 7) is 8.19. The van der Waals surface area contributed by atoms with Crippen molar-refractivity contribution in [1.29, 1.82) is 0 Å². The van der Waals surface area contributed by atoms with Crippen molar-refractivity contribution in [3.63, 3.8) is 0 Å². The molecular formula is C10H21NO. The highest BCUT2D eigenvalue weighted by molar-refractivity contribution is 4.81. The molecule has 0 aromatic heterocycles. The van der Waals surface area contributed by atoms with Gasteiger partial charge in [-0.1, -0.05) is 6.92 Å². The summed E-state index contributed by atoms with van der Waals surface area (Å²) in [5.41, 5.74) is 0. The summed E-state index contributed by atoms with van der Waals surface area (Å²) in [5, 5.41) is 9.15. The summed E-state index contributed by atoms with van der Waals surface area (Å²) in [6, 6.07) is 0.992. The van der Waals surface area contributed by atoms with Crippen LogP contribution in [0.5, 0.6) is 0 Å². The zero-order valence-electron chi connectivity index (χ0n) is 8.45. The molecule has 0 saturated carbocycles. The fraction of sp³-hybridized carbons (Fsp3) is 1.00. The van der Waals surface area contributed by atoms with Gasteiger partial charge in [-0.3, -0.25) is 4.90 Å². The highest BCUT2D eigenvalue weighted by Crippen LogP contribution is 2.22. The molecule has 0 aromatic carbocycles. The predicted octanol–water partition coefficient (Wildman–Crippen LogP) is 1.49. The van der Waals surface area contributed by atoms with Crippen LogP contribution >= 0.6 is 0 Å². The van der Waals surface area contributed by atoms with Crippen LogP contribution in [0.15, 0.2) is 0 Å². The molecule has 0 aliphatic carbocycles. The van der Waals surface area contributed by atoms with Crippen molar-refractivity contribution in [2.45, 2.75) is 45.7 Å². The lowest BCUT2D eigenvalue weighted by Crippen LogP contribution is -2.48. The van der Waals surface area contributed by atoms with Gasteiger partial charge in [-0.15, -0.1) is 0 Å². The summed E-state index contributed by atoms with van der Waals surface area (Å²) in [4.78, 5) is 2.42. The maximum absolute atomic E-state index is 9.15. The zero-order valence-corrected chi connectivity index (χ0v) is 8.45. The summed E-state index contributed by atoms with van der Waals surface area (Å²) in [7, 11) is 0. The molecule has 1 aliphatic heterocycles. The molecule has 1 rings (SSSR count). The Morgan fingerprint density at radius 3 is 2.58 bits per heavy atom. The van der Waals surface area contributed by atoms with Gasteiger partial charge in [0.25, 0.3) is 0 Å². The Bertz CT molecular complexity index is 136. The summed E-state index contributed by atoms with van der Waals surface area (Å²) < 4.78 is 0. The Hall–Kier alpha value is -0.0800. The smallest absolute Gasteiger partial charge is 0.0586 e. The van der Waals surface area contributed by atoms with E-state index in [1.807, 2.05) is 0 Å². The van der Waals surface area contributed by atoms with Gasteiger partial charge >= 0.3 is 0 Å². The molecule has 1 saturated heterocycles. The van der Waals surface area contributed by atoms with Crippen molar-refractivity contribution in [3.8, 4) is 0 Å². The SMILES string of the molecule is CC1CCC(CO)N(C(C)C)C1. The van der Waals surface area contributed by atoms with Gasteiger partial charge in [-0.2, -0.15) is 0 Å². The molecule has 2 nitrogen and oxygen atoms in total. The summed E-state index contributed by atoms with van der Waals surface area (Å²) >= 11 is 0. The van der Waals surface area contributed by atoms with Gasteiger partial charge in [-0.25, -0.2) is 0 Å². The molecule has 1 heterocycles. The van der Waals surface area contributed by atoms with Crippen LogP contribution in [-0.2, 0) is 0 Å². The van der Waals surface area contributed by atoms with E-state index in [1.165, 1.54) is 6.42 Å². The van der Waals surface area contributed by atoms with Gasteiger partial charge in [0.1, 0.15) is 0 Å². The van der Waals surface area contributed by atoms with Crippen molar-refractivity contribution in [2.75, 3.05) is 13.2 Å². The molecule has 12 heavy (non-hydrogen) atoms. The average molecular weight is 171 g/mol. The third kappa shape index (κ3) is 2.20. The van der Waals surface area contributed by atoms with Crippen LogP contribution in [0.3, 0.4) is 0 Å². The second-order valence-corrected chi connectivity index (χ2v) is 4.31. The zero-order chi connectivity index (χ0) is 9.14. The number of piperidine rings is 1. The molecule has 0 aromatic rings. The molecule has 0 amide bonds. The number of aliphatic hydroxyl groups is 1. The maximum atomic E-state index is 9.15. The second-order valence-electron chi connectivity index (χ2n) is 4.31. The van der Waals surface area contributed by atoms with E-state index >= 15 is 0 Å². The minimum absolute atomic E-state index is 0.324. The van der Waals surface area contributed by atoms with Gasteiger partial charge in [0.05, 0.1) is 6.61 Å². The Balaban J connectivity index is 2.52. The average Bonchev–Trinajstić information content (AvgIpc) is 2.04. The lowest BCUT2D eigenvalue weighted by molar-refractivity contribution is 0.0441. The van der Waals surface area contributed by atoms with Gasteiger partial charge in [0.15, 0.2) is 0 Å². The highest BCUT2D eigenvalue weighted by atomic mass is 16.3. The molecule has 0 radical (unpaired) electrons. The first-order chi connectivity index (χ1) is 5.65. The van der Waals surface area contributed by atoms with Crippen molar-refractivity contribution < 1.29 is 5.11 Å². The molecule has 1 N–H and O–H groups in total. The van der Waals surface area contributed by atoms with E-state index in [-0.39, 0.29) is 0 Å². The Morgan fingerprint density at radius 2 is 2.08 bits per heavy atom. The van der Waals surface area contributed by atoms with Crippen molar-refractivity contribution in [1.82, 2.24) is 4.90 Å². The second kappa shape index (κ2) is 4.24. The predicted molar refractivity (Wildman–Crippen MR) is 51.1 cm³/mol. The van der Waals surface area contributed by atoms with Gasteiger partial charge in [-0.05, 0) is 32.6 Å². The molecule has 2 atom stereocenters. The lowest BCUT2D eigenvalue weighted by atomic mass is 9.93. The lowest BCUT2D eigenvalue weighted by Gasteiger charge is -2.40. The van der Waals surface area contributed by atoms with Gasteiger partial charge in [0, 0.05) is 18.6 Å². The van der Waals surface area contributed by atoms with Crippen LogP contribution in [0.1, 0.15) is 33.6 Å². The van der Waals surface area contributed by atoms with Crippen LogP contribution in [0.4, 0.5) is 0 Å². The minimum atomic E-state index is 0.324. The Morgan fingerprint density at radius 1 is 1.42 bits per heavy atom. The molecule has 2 unspecified atom stereocenters. The number of hydrogen-bond donors (Lipinski definition) is 1. The minimum Gasteiger partial charge on any atom is -0.395 e. The van der Waals surface area contributed by atoms with E-state index in [1.54, 1.807) is 0 Å². The standard InChI is InChI=1S/C10H21NO/c1-8(2)11-6-9(3)4-5-10(11)7-12/h8-10,12H,4-7H2,1-3H3. The number of rotatable bonds is 2. The monoisotopic (exact) mass is 171 g/mol. The number of aliphatic hydroxyl groups excluding tert-OH is 1. The van der Waals surface area contributed by atoms with E-state index in [4.69, 9.17) is 5.11 Å². The maximum Gasteiger partial charge on any atom is 0.0586 e. The first-order valence-electron chi connectivity index (χ1n) is 5.01. The van der Waals surface area contributed by atoms with E-state index in [9.17, 15) is 0 Å². The van der Waals surface area contributed by atoms with Gasteiger partial charge in [0.2, 0.25) is 0 Å².